The molecular weight excluding hydrogens is 204 g/mol. The van der Waals surface area contributed by atoms with Crippen LogP contribution in [0.3, 0.4) is 0 Å². The molecule has 2 atom stereocenters. The topological polar surface area (TPSA) is 35.5 Å². The van der Waals surface area contributed by atoms with Gasteiger partial charge in [0.25, 0.3) is 0 Å². The van der Waals surface area contributed by atoms with Gasteiger partial charge in [0.05, 0.1) is 19.6 Å². The van der Waals surface area contributed by atoms with E-state index in [1.165, 1.54) is 5.56 Å². The van der Waals surface area contributed by atoms with Gasteiger partial charge in [-0.3, -0.25) is 4.79 Å². The standard InChI is InChI=1S/C13H16O3/c1-3-16-13(14)12-8-11(12)9-4-6-10(15-2)7-5-9/h4-7,11-12H,3,8H2,1-2H3/t11-,12?/m1/s1. The number of esters is 1. The number of benzene rings is 1. The minimum absolute atomic E-state index is 0.0633. The number of hydrogen-bond acceptors (Lipinski definition) is 3. The number of carbonyl (C=O) groups excluding carboxylic acids is 1. The summed E-state index contributed by atoms with van der Waals surface area (Å²) in [7, 11) is 1.65. The zero-order chi connectivity index (χ0) is 11.5. The summed E-state index contributed by atoms with van der Waals surface area (Å²) in [6.45, 7) is 2.30. The Kier molecular flexibility index (Phi) is 3.13. The van der Waals surface area contributed by atoms with Crippen LogP contribution in [-0.4, -0.2) is 19.7 Å². The highest BCUT2D eigenvalue weighted by molar-refractivity contribution is 5.77. The van der Waals surface area contributed by atoms with E-state index in [1.54, 1.807) is 7.11 Å². The number of hydrogen-bond donors (Lipinski definition) is 0. The molecule has 0 N–H and O–H groups in total. The highest BCUT2D eigenvalue weighted by Crippen LogP contribution is 2.48. The van der Waals surface area contributed by atoms with Crippen LogP contribution in [0.2, 0.25) is 0 Å². The first-order valence-electron chi connectivity index (χ1n) is 5.56. The van der Waals surface area contributed by atoms with E-state index in [0.717, 1.165) is 12.2 Å². The summed E-state index contributed by atoms with van der Waals surface area (Å²) in [5.74, 6) is 1.18. The quantitative estimate of drug-likeness (QED) is 0.731. The first kappa shape index (κ1) is 11.0. The molecule has 1 aliphatic rings. The van der Waals surface area contributed by atoms with E-state index in [-0.39, 0.29) is 11.9 Å². The zero-order valence-electron chi connectivity index (χ0n) is 9.60. The molecule has 0 aromatic heterocycles. The molecule has 1 aromatic carbocycles. The molecule has 1 fully saturated rings. The van der Waals surface area contributed by atoms with Crippen molar-refractivity contribution in [3.05, 3.63) is 29.8 Å². The highest BCUT2D eigenvalue weighted by atomic mass is 16.5. The van der Waals surface area contributed by atoms with Gasteiger partial charge >= 0.3 is 5.97 Å². The minimum Gasteiger partial charge on any atom is -0.497 e. The monoisotopic (exact) mass is 220 g/mol. The maximum atomic E-state index is 11.5. The third-order valence-corrected chi connectivity index (χ3v) is 2.92. The highest BCUT2D eigenvalue weighted by Gasteiger charge is 2.44. The molecule has 3 heteroatoms. The second-order valence-corrected chi connectivity index (χ2v) is 3.97. The van der Waals surface area contributed by atoms with Gasteiger partial charge in [-0.1, -0.05) is 12.1 Å². The maximum absolute atomic E-state index is 11.5. The van der Waals surface area contributed by atoms with Gasteiger partial charge in [0.2, 0.25) is 0 Å². The van der Waals surface area contributed by atoms with Crippen LogP contribution < -0.4 is 4.74 Å². The van der Waals surface area contributed by atoms with Crippen molar-refractivity contribution in [1.29, 1.82) is 0 Å². The normalized spacial score (nSPS) is 22.6. The van der Waals surface area contributed by atoms with Crippen LogP contribution in [-0.2, 0) is 9.53 Å². The Balaban J connectivity index is 1.97. The molecule has 0 radical (unpaired) electrons. The van der Waals surface area contributed by atoms with Crippen molar-refractivity contribution in [2.75, 3.05) is 13.7 Å². The second kappa shape index (κ2) is 4.56. The molecule has 0 bridgehead atoms. The molecule has 1 aliphatic carbocycles. The predicted molar refractivity (Wildman–Crippen MR) is 60.5 cm³/mol. The zero-order valence-corrected chi connectivity index (χ0v) is 9.60. The third kappa shape index (κ3) is 2.18. The summed E-state index contributed by atoms with van der Waals surface area (Å²) in [6.07, 6.45) is 0.908. The summed E-state index contributed by atoms with van der Waals surface area (Å²) >= 11 is 0. The molecule has 0 aliphatic heterocycles. The predicted octanol–water partition coefficient (Wildman–Crippen LogP) is 2.36. The summed E-state index contributed by atoms with van der Waals surface area (Å²) in [6, 6.07) is 7.89. The van der Waals surface area contributed by atoms with Gasteiger partial charge in [0, 0.05) is 0 Å². The lowest BCUT2D eigenvalue weighted by Gasteiger charge is -2.03. The Hall–Kier alpha value is -1.51. The van der Waals surface area contributed by atoms with Crippen molar-refractivity contribution >= 4 is 5.97 Å². The first-order chi connectivity index (χ1) is 7.76. The van der Waals surface area contributed by atoms with Gasteiger partial charge < -0.3 is 9.47 Å². The Morgan fingerprint density at radius 3 is 2.62 bits per heavy atom. The fourth-order valence-electron chi connectivity index (χ4n) is 1.92. The Bertz CT molecular complexity index is 369. The summed E-state index contributed by atoms with van der Waals surface area (Å²) in [4.78, 5) is 11.5. The van der Waals surface area contributed by atoms with E-state index in [9.17, 15) is 4.79 Å². The smallest absolute Gasteiger partial charge is 0.309 e. The number of ether oxygens (including phenoxy) is 2. The van der Waals surface area contributed by atoms with Gasteiger partial charge in [0.1, 0.15) is 5.75 Å². The molecule has 3 nitrogen and oxygen atoms in total. The molecule has 2 rings (SSSR count). The summed E-state index contributed by atoms with van der Waals surface area (Å²) in [5, 5.41) is 0. The lowest BCUT2D eigenvalue weighted by Crippen LogP contribution is -2.07. The average Bonchev–Trinajstić information content (AvgIpc) is 3.09. The van der Waals surface area contributed by atoms with E-state index in [2.05, 4.69) is 0 Å². The summed E-state index contributed by atoms with van der Waals surface area (Å²) in [5.41, 5.74) is 1.19. The first-order valence-corrected chi connectivity index (χ1v) is 5.56. The molecule has 1 unspecified atom stereocenters. The van der Waals surface area contributed by atoms with Crippen LogP contribution in [0.15, 0.2) is 24.3 Å². The van der Waals surface area contributed by atoms with Crippen molar-refractivity contribution in [3.63, 3.8) is 0 Å². The Labute approximate surface area is 95.4 Å². The Morgan fingerprint density at radius 1 is 1.38 bits per heavy atom. The number of rotatable bonds is 4. The average molecular weight is 220 g/mol. The van der Waals surface area contributed by atoms with Crippen LogP contribution in [0.4, 0.5) is 0 Å². The molecule has 0 heterocycles. The number of carbonyl (C=O) groups is 1. The van der Waals surface area contributed by atoms with Crippen molar-refractivity contribution in [2.45, 2.75) is 19.3 Å². The molecule has 0 spiro atoms. The summed E-state index contributed by atoms with van der Waals surface area (Å²) < 4.78 is 10.1. The van der Waals surface area contributed by atoms with Gasteiger partial charge in [-0.05, 0) is 37.0 Å². The van der Waals surface area contributed by atoms with Crippen molar-refractivity contribution < 1.29 is 14.3 Å². The van der Waals surface area contributed by atoms with E-state index in [0.29, 0.717) is 12.5 Å². The SMILES string of the molecule is CCOC(=O)C1C[C@@H]1c1ccc(OC)cc1. The molecule has 0 amide bonds. The lowest BCUT2D eigenvalue weighted by molar-refractivity contribution is -0.144. The fourth-order valence-corrected chi connectivity index (χ4v) is 1.92. The third-order valence-electron chi connectivity index (χ3n) is 2.92. The largest absolute Gasteiger partial charge is 0.497 e. The molecule has 0 saturated heterocycles. The van der Waals surface area contributed by atoms with Gasteiger partial charge in [-0.25, -0.2) is 0 Å². The fraction of sp³-hybridized carbons (Fsp3) is 0.462. The van der Waals surface area contributed by atoms with Gasteiger partial charge in [-0.2, -0.15) is 0 Å². The van der Waals surface area contributed by atoms with Crippen molar-refractivity contribution in [3.8, 4) is 5.75 Å². The van der Waals surface area contributed by atoms with Crippen LogP contribution >= 0.6 is 0 Å². The van der Waals surface area contributed by atoms with Crippen LogP contribution in [0, 0.1) is 5.92 Å². The lowest BCUT2D eigenvalue weighted by atomic mass is 10.1. The van der Waals surface area contributed by atoms with E-state index < -0.39 is 0 Å². The molecular formula is C13H16O3. The van der Waals surface area contributed by atoms with E-state index in [4.69, 9.17) is 9.47 Å². The maximum Gasteiger partial charge on any atom is 0.309 e. The van der Waals surface area contributed by atoms with Crippen LogP contribution in [0.1, 0.15) is 24.8 Å². The Morgan fingerprint density at radius 2 is 2.06 bits per heavy atom. The van der Waals surface area contributed by atoms with Crippen molar-refractivity contribution in [1.82, 2.24) is 0 Å². The molecule has 16 heavy (non-hydrogen) atoms. The number of methoxy groups -OCH3 is 1. The van der Waals surface area contributed by atoms with Crippen molar-refractivity contribution in [2.24, 2.45) is 5.92 Å². The second-order valence-electron chi connectivity index (χ2n) is 3.97. The van der Waals surface area contributed by atoms with Crippen LogP contribution in [0.5, 0.6) is 5.75 Å². The van der Waals surface area contributed by atoms with Crippen LogP contribution in [0.25, 0.3) is 0 Å². The van der Waals surface area contributed by atoms with E-state index in [1.807, 2.05) is 31.2 Å². The molecule has 1 saturated carbocycles. The minimum atomic E-state index is -0.0664. The van der Waals surface area contributed by atoms with E-state index >= 15 is 0 Å². The molecule has 1 aromatic rings. The van der Waals surface area contributed by atoms with Gasteiger partial charge in [-0.15, -0.1) is 0 Å². The molecule has 86 valence electrons. The van der Waals surface area contributed by atoms with Gasteiger partial charge in [0.15, 0.2) is 0 Å².